The maximum Gasteiger partial charge on any atom is 0.164 e. The third-order valence-corrected chi connectivity index (χ3v) is 12.5. The maximum atomic E-state index is 6.89. The normalized spacial score (nSPS) is 11.8. The van der Waals surface area contributed by atoms with E-state index in [9.17, 15) is 0 Å². The van der Waals surface area contributed by atoms with Crippen molar-refractivity contribution in [2.75, 3.05) is 0 Å². The van der Waals surface area contributed by atoms with Crippen LogP contribution in [0.2, 0.25) is 0 Å². The highest BCUT2D eigenvalue weighted by molar-refractivity contribution is 7.26. The molecule has 0 aliphatic carbocycles. The van der Waals surface area contributed by atoms with Crippen molar-refractivity contribution < 1.29 is 4.42 Å². The Hall–Kier alpha value is -7.47. The molecular weight excluding hydrogens is 727 g/mol. The van der Waals surface area contributed by atoms with Gasteiger partial charge in [0.1, 0.15) is 11.2 Å². The molecule has 0 N–H and O–H groups in total. The van der Waals surface area contributed by atoms with E-state index in [1.165, 1.54) is 36.3 Å². The second-order valence-electron chi connectivity index (χ2n) is 14.7. The van der Waals surface area contributed by atoms with E-state index in [1.807, 2.05) is 29.5 Å². The lowest BCUT2D eigenvalue weighted by atomic mass is 9.94. The van der Waals surface area contributed by atoms with Crippen molar-refractivity contribution in [3.63, 3.8) is 0 Å². The van der Waals surface area contributed by atoms with E-state index in [0.717, 1.165) is 66.3 Å². The number of para-hydroxylation sites is 1. The number of hydrogen-bond donors (Lipinski definition) is 0. The summed E-state index contributed by atoms with van der Waals surface area (Å²) in [6, 6.07) is 66.1. The minimum Gasteiger partial charge on any atom is -0.455 e. The number of nitrogens with zero attached hydrogens (tertiary/aromatic N) is 3. The molecule has 0 aliphatic heterocycles. The van der Waals surface area contributed by atoms with Gasteiger partial charge >= 0.3 is 0 Å². The highest BCUT2D eigenvalue weighted by Gasteiger charge is 2.23. The monoisotopic (exact) mass is 757 g/mol. The van der Waals surface area contributed by atoms with Crippen LogP contribution in [0.5, 0.6) is 0 Å². The van der Waals surface area contributed by atoms with Crippen molar-refractivity contribution in [3.05, 3.63) is 188 Å². The number of thiophene rings is 1. The van der Waals surface area contributed by atoms with Crippen LogP contribution < -0.4 is 0 Å². The molecule has 3 aromatic heterocycles. The summed E-state index contributed by atoms with van der Waals surface area (Å²) in [6.07, 6.45) is 0. The third-order valence-electron chi connectivity index (χ3n) is 11.3. The summed E-state index contributed by atoms with van der Waals surface area (Å²) in [4.78, 5) is 15.7. The molecule has 12 rings (SSSR count). The second kappa shape index (κ2) is 13.1. The van der Waals surface area contributed by atoms with Crippen LogP contribution in [0.3, 0.4) is 0 Å². The fourth-order valence-corrected chi connectivity index (χ4v) is 9.71. The molecule has 4 nitrogen and oxygen atoms in total. The molecule has 12 aromatic rings. The van der Waals surface area contributed by atoms with E-state index in [1.54, 1.807) is 0 Å². The molecule has 58 heavy (non-hydrogen) atoms. The maximum absolute atomic E-state index is 6.89. The number of furan rings is 1. The van der Waals surface area contributed by atoms with E-state index in [2.05, 4.69) is 170 Å². The summed E-state index contributed by atoms with van der Waals surface area (Å²) in [5.41, 5.74) is 8.84. The molecule has 0 atom stereocenters. The van der Waals surface area contributed by atoms with Crippen molar-refractivity contribution in [2.45, 2.75) is 0 Å². The Morgan fingerprint density at radius 3 is 1.83 bits per heavy atom. The molecule has 0 spiro atoms. The quantitative estimate of drug-likeness (QED) is 0.175. The Kier molecular flexibility index (Phi) is 7.37. The van der Waals surface area contributed by atoms with Crippen LogP contribution in [-0.2, 0) is 0 Å². The standard InChI is InChI=1S/C53H31N3OS/c1-2-11-32(12-3-1)34-21-24-36(25-22-34)51-54-52(38-26-23-33-13-4-5-15-37(33)31-38)56-53(55-51)43-29-28-41(50-47(43)42-17-8-9-19-44(42)57-50)40-18-10-20-45-49(40)48-39-16-7-6-14-35(39)27-30-46(48)58-45/h1-31H. The lowest BCUT2D eigenvalue weighted by Crippen LogP contribution is -2.00. The van der Waals surface area contributed by atoms with Gasteiger partial charge in [-0.3, -0.25) is 0 Å². The van der Waals surface area contributed by atoms with Crippen LogP contribution in [0.4, 0.5) is 0 Å². The fourth-order valence-electron chi connectivity index (χ4n) is 8.56. The molecule has 0 radical (unpaired) electrons. The minimum absolute atomic E-state index is 0.591. The van der Waals surface area contributed by atoms with Crippen LogP contribution in [0, 0.1) is 0 Å². The van der Waals surface area contributed by atoms with E-state index >= 15 is 0 Å². The molecule has 270 valence electrons. The van der Waals surface area contributed by atoms with Gasteiger partial charge in [0, 0.05) is 53.2 Å². The highest BCUT2D eigenvalue weighted by atomic mass is 32.1. The average molecular weight is 758 g/mol. The highest BCUT2D eigenvalue weighted by Crippen LogP contribution is 2.47. The lowest BCUT2D eigenvalue weighted by molar-refractivity contribution is 0.670. The van der Waals surface area contributed by atoms with E-state index in [0.29, 0.717) is 17.5 Å². The van der Waals surface area contributed by atoms with Crippen molar-refractivity contribution in [2.24, 2.45) is 0 Å². The van der Waals surface area contributed by atoms with Gasteiger partial charge in [-0.1, -0.05) is 152 Å². The molecule has 0 saturated heterocycles. The molecule has 0 amide bonds. The van der Waals surface area contributed by atoms with Gasteiger partial charge in [0.15, 0.2) is 17.5 Å². The number of aromatic nitrogens is 3. The van der Waals surface area contributed by atoms with Crippen LogP contribution in [0.1, 0.15) is 0 Å². The van der Waals surface area contributed by atoms with Gasteiger partial charge in [-0.25, -0.2) is 15.0 Å². The number of benzene rings is 9. The van der Waals surface area contributed by atoms with Crippen molar-refractivity contribution in [1.29, 1.82) is 0 Å². The van der Waals surface area contributed by atoms with Crippen LogP contribution >= 0.6 is 11.3 Å². The molecule has 0 bridgehead atoms. The van der Waals surface area contributed by atoms with Crippen LogP contribution in [0.25, 0.3) is 120 Å². The fraction of sp³-hybridized carbons (Fsp3) is 0. The Bertz CT molecular complexity index is 3570. The summed E-state index contributed by atoms with van der Waals surface area (Å²) in [5.74, 6) is 1.82. The molecule has 9 aromatic carbocycles. The van der Waals surface area contributed by atoms with E-state index in [4.69, 9.17) is 19.4 Å². The first kappa shape index (κ1) is 32.7. The van der Waals surface area contributed by atoms with Crippen LogP contribution in [-0.4, -0.2) is 15.0 Å². The largest absolute Gasteiger partial charge is 0.455 e. The zero-order valence-electron chi connectivity index (χ0n) is 31.1. The zero-order chi connectivity index (χ0) is 38.2. The minimum atomic E-state index is 0.591. The Morgan fingerprint density at radius 1 is 0.345 bits per heavy atom. The first-order chi connectivity index (χ1) is 28.7. The molecule has 5 heteroatoms. The molecule has 3 heterocycles. The number of rotatable bonds is 5. The zero-order valence-corrected chi connectivity index (χ0v) is 31.9. The van der Waals surface area contributed by atoms with Crippen LogP contribution in [0.15, 0.2) is 192 Å². The summed E-state index contributed by atoms with van der Waals surface area (Å²) in [7, 11) is 0. The SMILES string of the molecule is c1ccc(-c2ccc(-c3nc(-c4ccc5ccccc5c4)nc(-c4ccc(-c5cccc6sc7ccc8ccccc8c7c56)c5oc6ccccc6c45)n3)cc2)cc1. The van der Waals surface area contributed by atoms with Gasteiger partial charge in [0.05, 0.1) is 0 Å². The van der Waals surface area contributed by atoms with E-state index < -0.39 is 0 Å². The topological polar surface area (TPSA) is 51.8 Å². The van der Waals surface area contributed by atoms with Gasteiger partial charge in [-0.05, 0) is 74.6 Å². The van der Waals surface area contributed by atoms with Crippen molar-refractivity contribution >= 4 is 75.0 Å². The van der Waals surface area contributed by atoms with Gasteiger partial charge in [-0.15, -0.1) is 11.3 Å². The molecule has 0 aliphatic rings. The Labute approximate surface area is 337 Å². The smallest absolute Gasteiger partial charge is 0.164 e. The van der Waals surface area contributed by atoms with Gasteiger partial charge in [-0.2, -0.15) is 0 Å². The predicted octanol–water partition coefficient (Wildman–Crippen LogP) is 14.8. The summed E-state index contributed by atoms with van der Waals surface area (Å²) in [5, 5.41) is 9.31. The second-order valence-corrected chi connectivity index (χ2v) is 15.8. The molecular formula is C53H31N3OS. The Morgan fingerprint density at radius 2 is 0.966 bits per heavy atom. The van der Waals surface area contributed by atoms with Crippen molar-refractivity contribution in [3.8, 4) is 56.4 Å². The lowest BCUT2D eigenvalue weighted by Gasteiger charge is -2.12. The van der Waals surface area contributed by atoms with Crippen molar-refractivity contribution in [1.82, 2.24) is 15.0 Å². The summed E-state index contributed by atoms with van der Waals surface area (Å²) >= 11 is 1.84. The number of hydrogen-bond acceptors (Lipinski definition) is 5. The van der Waals surface area contributed by atoms with Gasteiger partial charge < -0.3 is 4.42 Å². The average Bonchev–Trinajstić information content (AvgIpc) is 3.89. The predicted molar refractivity (Wildman–Crippen MR) is 242 cm³/mol. The Balaban J connectivity index is 1.10. The first-order valence-corrected chi connectivity index (χ1v) is 20.2. The molecule has 0 unspecified atom stereocenters. The molecule has 0 saturated carbocycles. The molecule has 0 fully saturated rings. The van der Waals surface area contributed by atoms with Gasteiger partial charge in [0.25, 0.3) is 0 Å². The first-order valence-electron chi connectivity index (χ1n) is 19.4. The summed E-state index contributed by atoms with van der Waals surface area (Å²) < 4.78 is 9.41. The summed E-state index contributed by atoms with van der Waals surface area (Å²) in [6.45, 7) is 0. The number of fused-ring (bicyclic) bond motifs is 9. The van der Waals surface area contributed by atoms with Gasteiger partial charge in [0.2, 0.25) is 0 Å². The third kappa shape index (κ3) is 5.25. The van der Waals surface area contributed by atoms with E-state index in [-0.39, 0.29) is 0 Å².